The highest BCUT2D eigenvalue weighted by molar-refractivity contribution is 5.96. The standard InChI is InChI=1S/C11H17N5O2/c1-2-14-10(17)9-6-12-3-4-16(9)11(18)8-5-13-7-15-8/h5,7,9,12H,2-4,6H2,1H3,(H,13,15)(H,14,17). The van der Waals surface area contributed by atoms with Gasteiger partial charge in [0.25, 0.3) is 5.91 Å². The molecular formula is C11H17N5O2. The first kappa shape index (κ1) is 12.6. The third kappa shape index (κ3) is 2.51. The molecule has 3 N–H and O–H groups in total. The van der Waals surface area contributed by atoms with E-state index < -0.39 is 6.04 Å². The molecule has 2 amide bonds. The smallest absolute Gasteiger partial charge is 0.272 e. The van der Waals surface area contributed by atoms with Gasteiger partial charge in [-0.05, 0) is 6.92 Å². The Bertz CT molecular complexity index is 417. The average Bonchev–Trinajstić information content (AvgIpc) is 2.92. The second kappa shape index (κ2) is 5.63. The SMILES string of the molecule is CCNC(=O)C1CNCCN1C(=O)c1cnc[nH]1. The van der Waals surface area contributed by atoms with Crippen molar-refractivity contribution in [2.24, 2.45) is 0 Å². The van der Waals surface area contributed by atoms with Gasteiger partial charge in [-0.15, -0.1) is 0 Å². The van der Waals surface area contributed by atoms with Gasteiger partial charge in [-0.3, -0.25) is 9.59 Å². The number of nitrogens with one attached hydrogen (secondary N) is 3. The first-order chi connectivity index (χ1) is 8.74. The molecule has 0 bridgehead atoms. The number of imidazole rings is 1. The monoisotopic (exact) mass is 251 g/mol. The van der Waals surface area contributed by atoms with Crippen LogP contribution in [0.3, 0.4) is 0 Å². The van der Waals surface area contributed by atoms with E-state index in [0.29, 0.717) is 31.9 Å². The van der Waals surface area contributed by atoms with E-state index in [4.69, 9.17) is 0 Å². The summed E-state index contributed by atoms with van der Waals surface area (Å²) in [6.07, 6.45) is 2.93. The van der Waals surface area contributed by atoms with Gasteiger partial charge in [-0.1, -0.05) is 0 Å². The molecule has 0 aliphatic carbocycles. The lowest BCUT2D eigenvalue weighted by molar-refractivity contribution is -0.126. The van der Waals surface area contributed by atoms with Crippen LogP contribution in [0.4, 0.5) is 0 Å². The van der Waals surface area contributed by atoms with Crippen LogP contribution in [0.1, 0.15) is 17.4 Å². The summed E-state index contributed by atoms with van der Waals surface area (Å²) in [7, 11) is 0. The number of amides is 2. The number of aromatic nitrogens is 2. The molecule has 7 nitrogen and oxygen atoms in total. The zero-order chi connectivity index (χ0) is 13.0. The predicted molar refractivity (Wildman–Crippen MR) is 65.0 cm³/mol. The molecule has 0 saturated carbocycles. The number of aromatic amines is 1. The van der Waals surface area contributed by atoms with Crippen molar-refractivity contribution in [1.82, 2.24) is 25.5 Å². The van der Waals surface area contributed by atoms with E-state index in [1.807, 2.05) is 6.92 Å². The number of nitrogens with zero attached hydrogens (tertiary/aromatic N) is 2. The summed E-state index contributed by atoms with van der Waals surface area (Å²) in [4.78, 5) is 32.3. The van der Waals surface area contributed by atoms with Crippen LogP contribution in [0.15, 0.2) is 12.5 Å². The van der Waals surface area contributed by atoms with E-state index in [-0.39, 0.29) is 11.8 Å². The Labute approximate surface area is 105 Å². The highest BCUT2D eigenvalue weighted by atomic mass is 16.2. The van der Waals surface area contributed by atoms with Crippen molar-refractivity contribution in [1.29, 1.82) is 0 Å². The van der Waals surface area contributed by atoms with Crippen molar-refractivity contribution < 1.29 is 9.59 Å². The summed E-state index contributed by atoms with van der Waals surface area (Å²) in [5.41, 5.74) is 0.409. The minimum atomic E-state index is -0.463. The van der Waals surface area contributed by atoms with E-state index in [9.17, 15) is 9.59 Å². The summed E-state index contributed by atoms with van der Waals surface area (Å²) < 4.78 is 0. The lowest BCUT2D eigenvalue weighted by Crippen LogP contribution is -2.59. The first-order valence-electron chi connectivity index (χ1n) is 6.01. The van der Waals surface area contributed by atoms with Gasteiger partial charge in [0.1, 0.15) is 11.7 Å². The molecule has 1 aromatic heterocycles. The van der Waals surface area contributed by atoms with Gasteiger partial charge in [0.15, 0.2) is 0 Å². The number of piperazine rings is 1. The molecule has 2 rings (SSSR count). The number of hydrogen-bond donors (Lipinski definition) is 3. The second-order valence-corrected chi connectivity index (χ2v) is 4.08. The van der Waals surface area contributed by atoms with Crippen molar-refractivity contribution in [2.45, 2.75) is 13.0 Å². The van der Waals surface area contributed by atoms with Crippen molar-refractivity contribution >= 4 is 11.8 Å². The number of carbonyl (C=O) groups is 2. The molecule has 1 aliphatic heterocycles. The molecule has 18 heavy (non-hydrogen) atoms. The van der Waals surface area contributed by atoms with Crippen LogP contribution in [0.5, 0.6) is 0 Å². The van der Waals surface area contributed by atoms with E-state index >= 15 is 0 Å². The van der Waals surface area contributed by atoms with Crippen molar-refractivity contribution in [3.05, 3.63) is 18.2 Å². The van der Waals surface area contributed by atoms with Crippen LogP contribution in [0.2, 0.25) is 0 Å². The van der Waals surface area contributed by atoms with Crippen LogP contribution < -0.4 is 10.6 Å². The number of H-pyrrole nitrogens is 1. The molecule has 1 fully saturated rings. The van der Waals surface area contributed by atoms with Crippen LogP contribution >= 0.6 is 0 Å². The van der Waals surface area contributed by atoms with Crippen molar-refractivity contribution in [2.75, 3.05) is 26.2 Å². The van der Waals surface area contributed by atoms with Gasteiger partial charge in [0, 0.05) is 26.2 Å². The lowest BCUT2D eigenvalue weighted by atomic mass is 10.1. The summed E-state index contributed by atoms with van der Waals surface area (Å²) >= 11 is 0. The summed E-state index contributed by atoms with van der Waals surface area (Å²) in [6.45, 7) is 4.10. The summed E-state index contributed by atoms with van der Waals surface area (Å²) in [5.74, 6) is -0.317. The maximum absolute atomic E-state index is 12.2. The molecule has 7 heteroatoms. The second-order valence-electron chi connectivity index (χ2n) is 4.08. The number of rotatable bonds is 3. The Kier molecular flexibility index (Phi) is 3.93. The number of hydrogen-bond acceptors (Lipinski definition) is 4. The lowest BCUT2D eigenvalue weighted by Gasteiger charge is -2.34. The van der Waals surface area contributed by atoms with Gasteiger partial charge in [-0.2, -0.15) is 0 Å². The minimum absolute atomic E-state index is 0.127. The summed E-state index contributed by atoms with van der Waals surface area (Å²) in [5, 5.41) is 5.87. The molecule has 0 spiro atoms. The zero-order valence-corrected chi connectivity index (χ0v) is 10.3. The zero-order valence-electron chi connectivity index (χ0n) is 10.3. The van der Waals surface area contributed by atoms with Gasteiger partial charge in [-0.25, -0.2) is 4.98 Å². The Morgan fingerprint density at radius 2 is 2.44 bits per heavy atom. The highest BCUT2D eigenvalue weighted by Gasteiger charge is 2.32. The normalized spacial score (nSPS) is 19.6. The predicted octanol–water partition coefficient (Wildman–Crippen LogP) is -1.04. The van der Waals surface area contributed by atoms with Gasteiger partial charge >= 0.3 is 0 Å². The molecule has 1 unspecified atom stereocenters. The molecule has 1 atom stereocenters. The molecule has 1 aliphatic rings. The van der Waals surface area contributed by atoms with Crippen LogP contribution in [0.25, 0.3) is 0 Å². The average molecular weight is 251 g/mol. The molecule has 1 aromatic rings. The van der Waals surface area contributed by atoms with Gasteiger partial charge in [0.05, 0.1) is 12.5 Å². The Hall–Kier alpha value is -1.89. The topological polar surface area (TPSA) is 90.1 Å². The fourth-order valence-electron chi connectivity index (χ4n) is 2.00. The van der Waals surface area contributed by atoms with Crippen molar-refractivity contribution in [3.63, 3.8) is 0 Å². The molecule has 2 heterocycles. The fraction of sp³-hybridized carbons (Fsp3) is 0.545. The van der Waals surface area contributed by atoms with Crippen LogP contribution in [-0.2, 0) is 4.79 Å². The van der Waals surface area contributed by atoms with Crippen LogP contribution in [0, 0.1) is 0 Å². The molecule has 0 aromatic carbocycles. The van der Waals surface area contributed by atoms with Gasteiger partial charge < -0.3 is 20.5 Å². The largest absolute Gasteiger partial charge is 0.355 e. The maximum atomic E-state index is 12.2. The highest BCUT2D eigenvalue weighted by Crippen LogP contribution is 2.08. The van der Waals surface area contributed by atoms with E-state index in [2.05, 4.69) is 20.6 Å². The van der Waals surface area contributed by atoms with Crippen molar-refractivity contribution in [3.8, 4) is 0 Å². The van der Waals surface area contributed by atoms with E-state index in [1.165, 1.54) is 12.5 Å². The number of likely N-dealkylation sites (N-methyl/N-ethyl adjacent to an activating group) is 1. The Balaban J connectivity index is 2.12. The molecule has 98 valence electrons. The maximum Gasteiger partial charge on any atom is 0.272 e. The molecule has 0 radical (unpaired) electrons. The fourth-order valence-corrected chi connectivity index (χ4v) is 2.00. The summed E-state index contributed by atoms with van der Waals surface area (Å²) in [6, 6.07) is -0.463. The third-order valence-corrected chi connectivity index (χ3v) is 2.89. The van der Waals surface area contributed by atoms with E-state index in [1.54, 1.807) is 4.90 Å². The Morgan fingerprint density at radius 1 is 1.61 bits per heavy atom. The molecular weight excluding hydrogens is 234 g/mol. The van der Waals surface area contributed by atoms with E-state index in [0.717, 1.165) is 0 Å². The molecule has 1 saturated heterocycles. The Morgan fingerprint density at radius 3 is 3.11 bits per heavy atom. The first-order valence-corrected chi connectivity index (χ1v) is 6.01. The minimum Gasteiger partial charge on any atom is -0.355 e. The van der Waals surface area contributed by atoms with Crippen LogP contribution in [-0.4, -0.2) is 58.9 Å². The number of carbonyl (C=O) groups excluding carboxylic acids is 2. The quantitative estimate of drug-likeness (QED) is 0.640. The third-order valence-electron chi connectivity index (χ3n) is 2.89. The van der Waals surface area contributed by atoms with Gasteiger partial charge in [0.2, 0.25) is 5.91 Å².